The van der Waals surface area contributed by atoms with E-state index in [2.05, 4.69) is 23.5 Å². The summed E-state index contributed by atoms with van der Waals surface area (Å²) in [6.45, 7) is 2.60. The molecule has 4 nitrogen and oxygen atoms in total. The van der Waals surface area contributed by atoms with Crippen molar-refractivity contribution in [2.24, 2.45) is 0 Å². The third-order valence-electron chi connectivity index (χ3n) is 5.14. The fourth-order valence-corrected chi connectivity index (χ4v) is 3.71. The number of rotatable bonds is 10. The van der Waals surface area contributed by atoms with Gasteiger partial charge in [-0.25, -0.2) is 4.79 Å². The molecular formula is C27H28N2O2. The van der Waals surface area contributed by atoms with E-state index in [-0.39, 0.29) is 6.61 Å². The van der Waals surface area contributed by atoms with Crippen molar-refractivity contribution in [2.45, 2.75) is 24.9 Å². The zero-order valence-electron chi connectivity index (χ0n) is 17.8. The number of hydrogen-bond donors (Lipinski definition) is 2. The number of esters is 1. The number of anilines is 1. The van der Waals surface area contributed by atoms with Crippen molar-refractivity contribution in [1.29, 1.82) is 0 Å². The second-order valence-corrected chi connectivity index (χ2v) is 7.24. The molecule has 0 radical (unpaired) electrons. The van der Waals surface area contributed by atoms with Crippen LogP contribution in [0.2, 0.25) is 0 Å². The van der Waals surface area contributed by atoms with Gasteiger partial charge in [0.15, 0.2) is 12.1 Å². The van der Waals surface area contributed by atoms with Crippen LogP contribution in [0.4, 0.5) is 5.69 Å². The van der Waals surface area contributed by atoms with Crippen LogP contribution in [-0.2, 0) is 15.1 Å². The molecule has 0 spiro atoms. The van der Waals surface area contributed by atoms with E-state index < -0.39 is 17.6 Å². The number of benzene rings is 3. The van der Waals surface area contributed by atoms with E-state index in [0.29, 0.717) is 6.54 Å². The lowest BCUT2D eigenvalue weighted by atomic mass is 9.78. The summed E-state index contributed by atoms with van der Waals surface area (Å²) in [7, 11) is 0. The van der Waals surface area contributed by atoms with E-state index in [1.165, 1.54) is 0 Å². The van der Waals surface area contributed by atoms with Crippen LogP contribution < -0.4 is 10.6 Å². The molecule has 3 rings (SSSR count). The molecule has 0 amide bonds. The first-order valence-electron chi connectivity index (χ1n) is 10.5. The van der Waals surface area contributed by atoms with Crippen molar-refractivity contribution in [3.8, 4) is 12.3 Å². The maximum Gasteiger partial charge on any atom is 0.334 e. The van der Waals surface area contributed by atoms with Crippen LogP contribution in [0.5, 0.6) is 0 Å². The van der Waals surface area contributed by atoms with Crippen molar-refractivity contribution in [3.05, 3.63) is 102 Å². The number of terminal acetylenes is 1. The normalized spacial score (nSPS) is 13.4. The van der Waals surface area contributed by atoms with Crippen molar-refractivity contribution in [1.82, 2.24) is 5.32 Å². The fraction of sp³-hybridized carbons (Fsp3) is 0.222. The Morgan fingerprint density at radius 2 is 1.55 bits per heavy atom. The Labute approximate surface area is 184 Å². The highest BCUT2D eigenvalue weighted by atomic mass is 16.5. The molecule has 31 heavy (non-hydrogen) atoms. The lowest BCUT2D eigenvalue weighted by Gasteiger charge is -2.41. The molecule has 0 bridgehead atoms. The minimum Gasteiger partial charge on any atom is -0.451 e. The van der Waals surface area contributed by atoms with E-state index in [1.54, 1.807) is 0 Å². The fourth-order valence-electron chi connectivity index (χ4n) is 3.71. The molecule has 0 saturated heterocycles. The first-order valence-corrected chi connectivity index (χ1v) is 10.5. The first kappa shape index (κ1) is 22.1. The van der Waals surface area contributed by atoms with E-state index in [0.717, 1.165) is 23.2 Å². The topological polar surface area (TPSA) is 50.4 Å². The Kier molecular flexibility index (Phi) is 7.86. The Morgan fingerprint density at radius 1 is 0.968 bits per heavy atom. The number of hydrogen-bond acceptors (Lipinski definition) is 4. The average molecular weight is 413 g/mol. The van der Waals surface area contributed by atoms with Crippen LogP contribution in [0.3, 0.4) is 0 Å². The van der Waals surface area contributed by atoms with E-state index in [4.69, 9.17) is 11.2 Å². The molecule has 0 aliphatic heterocycles. The summed E-state index contributed by atoms with van der Waals surface area (Å²) >= 11 is 0. The SMILES string of the molecule is C#CCOC(=O)[C@@](NCCC)(c1ccccc1)[C@@H](Nc1ccccc1)c1ccccc1. The number of para-hydroxylation sites is 1. The van der Waals surface area contributed by atoms with Gasteiger partial charge in [-0.1, -0.05) is 91.7 Å². The monoisotopic (exact) mass is 412 g/mol. The summed E-state index contributed by atoms with van der Waals surface area (Å²) in [5.74, 6) is 2.00. The van der Waals surface area contributed by atoms with E-state index >= 15 is 0 Å². The molecule has 4 heteroatoms. The maximum atomic E-state index is 13.7. The standard InChI is InChI=1S/C27H28N2O2/c1-3-20-28-27(26(30)31-21-4-2,23-16-10-6-11-17-23)25(22-14-8-5-9-15-22)29-24-18-12-7-13-19-24/h2,5-19,25,28-29H,3,20-21H2,1H3/t25-,27+/m0/s1. The summed E-state index contributed by atoms with van der Waals surface area (Å²) in [6.07, 6.45) is 6.26. The van der Waals surface area contributed by atoms with Gasteiger partial charge in [0.2, 0.25) is 0 Å². The summed E-state index contributed by atoms with van der Waals surface area (Å²) < 4.78 is 5.57. The first-order chi connectivity index (χ1) is 15.2. The number of nitrogens with one attached hydrogen (secondary N) is 2. The van der Waals surface area contributed by atoms with Gasteiger partial charge in [-0.3, -0.25) is 5.32 Å². The molecular weight excluding hydrogens is 384 g/mol. The minimum atomic E-state index is -1.19. The van der Waals surface area contributed by atoms with Crippen LogP contribution in [0.1, 0.15) is 30.5 Å². The molecule has 0 fully saturated rings. The second-order valence-electron chi connectivity index (χ2n) is 7.24. The molecule has 2 N–H and O–H groups in total. The van der Waals surface area contributed by atoms with Gasteiger partial charge < -0.3 is 10.1 Å². The van der Waals surface area contributed by atoms with Crippen molar-refractivity contribution in [2.75, 3.05) is 18.5 Å². The summed E-state index contributed by atoms with van der Waals surface area (Å²) in [4.78, 5) is 13.7. The van der Waals surface area contributed by atoms with Crippen LogP contribution >= 0.6 is 0 Å². The Hall–Kier alpha value is -3.55. The van der Waals surface area contributed by atoms with Gasteiger partial charge in [0.1, 0.15) is 0 Å². The predicted molar refractivity (Wildman–Crippen MR) is 125 cm³/mol. The van der Waals surface area contributed by atoms with Gasteiger partial charge in [0.25, 0.3) is 0 Å². The zero-order chi connectivity index (χ0) is 21.9. The van der Waals surface area contributed by atoms with Crippen molar-refractivity contribution in [3.63, 3.8) is 0 Å². The molecule has 0 heterocycles. The highest BCUT2D eigenvalue weighted by Crippen LogP contribution is 2.39. The molecule has 0 aromatic heterocycles. The van der Waals surface area contributed by atoms with E-state index in [9.17, 15) is 4.79 Å². The van der Waals surface area contributed by atoms with Crippen LogP contribution in [0.25, 0.3) is 0 Å². The lowest BCUT2D eigenvalue weighted by Crippen LogP contribution is -2.56. The Balaban J connectivity index is 2.22. The third kappa shape index (κ3) is 5.14. The predicted octanol–water partition coefficient (Wildman–Crippen LogP) is 4.91. The number of carbonyl (C=O) groups excluding carboxylic acids is 1. The van der Waals surface area contributed by atoms with Crippen LogP contribution in [0.15, 0.2) is 91.0 Å². The largest absolute Gasteiger partial charge is 0.451 e. The number of carbonyl (C=O) groups is 1. The molecule has 0 unspecified atom stereocenters. The van der Waals surface area contributed by atoms with Crippen LogP contribution in [-0.4, -0.2) is 19.1 Å². The smallest absolute Gasteiger partial charge is 0.334 e. The van der Waals surface area contributed by atoms with Crippen molar-refractivity contribution >= 4 is 11.7 Å². The number of ether oxygens (including phenoxy) is 1. The zero-order valence-corrected chi connectivity index (χ0v) is 17.8. The summed E-state index contributed by atoms with van der Waals surface area (Å²) in [6, 6.07) is 29.0. The molecule has 3 aromatic rings. The van der Waals surface area contributed by atoms with Gasteiger partial charge in [-0.05, 0) is 36.2 Å². The molecule has 0 saturated carbocycles. The van der Waals surface area contributed by atoms with Gasteiger partial charge in [0, 0.05) is 5.69 Å². The molecule has 2 atom stereocenters. The van der Waals surface area contributed by atoms with Crippen molar-refractivity contribution < 1.29 is 9.53 Å². The molecule has 158 valence electrons. The Bertz CT molecular complexity index is 984. The highest BCUT2D eigenvalue weighted by Gasteiger charge is 2.49. The van der Waals surface area contributed by atoms with E-state index in [1.807, 2.05) is 91.0 Å². The van der Waals surface area contributed by atoms with Crippen LogP contribution in [0, 0.1) is 12.3 Å². The second kappa shape index (κ2) is 11.0. The quantitative estimate of drug-likeness (QED) is 0.367. The van der Waals surface area contributed by atoms with Gasteiger partial charge in [-0.2, -0.15) is 0 Å². The summed E-state index contributed by atoms with van der Waals surface area (Å²) in [5.41, 5.74) is 1.48. The van der Waals surface area contributed by atoms with Gasteiger partial charge in [-0.15, -0.1) is 6.42 Å². The molecule has 0 aliphatic carbocycles. The van der Waals surface area contributed by atoms with Gasteiger partial charge >= 0.3 is 5.97 Å². The summed E-state index contributed by atoms with van der Waals surface area (Å²) in [5, 5.41) is 7.11. The lowest BCUT2D eigenvalue weighted by molar-refractivity contribution is -0.151. The Morgan fingerprint density at radius 3 is 2.13 bits per heavy atom. The highest BCUT2D eigenvalue weighted by molar-refractivity contribution is 5.85. The third-order valence-corrected chi connectivity index (χ3v) is 5.14. The maximum absolute atomic E-state index is 13.7. The molecule has 0 aliphatic rings. The average Bonchev–Trinajstić information content (AvgIpc) is 2.84. The minimum absolute atomic E-state index is 0.0892. The molecule has 3 aromatic carbocycles. The van der Waals surface area contributed by atoms with Gasteiger partial charge in [0.05, 0.1) is 6.04 Å².